The number of rotatable bonds is 5. The first-order valence-electron chi connectivity index (χ1n) is 9.48. The minimum absolute atomic E-state index is 0.372. The highest BCUT2D eigenvalue weighted by molar-refractivity contribution is 5.17. The maximum absolute atomic E-state index is 6.61. The van der Waals surface area contributed by atoms with Crippen LogP contribution < -0.4 is 0 Å². The summed E-state index contributed by atoms with van der Waals surface area (Å²) in [5.41, 5.74) is 1.86. The molecule has 1 atom stereocenters. The van der Waals surface area contributed by atoms with Gasteiger partial charge in [0.2, 0.25) is 0 Å². The summed E-state index contributed by atoms with van der Waals surface area (Å²) >= 11 is 0. The van der Waals surface area contributed by atoms with Gasteiger partial charge in [-0.15, -0.1) is 0 Å². The van der Waals surface area contributed by atoms with Crippen LogP contribution >= 0.6 is 0 Å². The van der Waals surface area contributed by atoms with Crippen molar-refractivity contribution >= 4 is 0 Å². The summed E-state index contributed by atoms with van der Waals surface area (Å²) < 4.78 is 6.61. The summed E-state index contributed by atoms with van der Waals surface area (Å²) in [7, 11) is 0. The Morgan fingerprint density at radius 1 is 0.955 bits per heavy atom. The summed E-state index contributed by atoms with van der Waals surface area (Å²) in [5.74, 6) is 0. The Morgan fingerprint density at radius 3 is 2.27 bits per heavy atom. The second-order valence-corrected chi connectivity index (χ2v) is 7.62. The van der Waals surface area contributed by atoms with Gasteiger partial charge in [-0.3, -0.25) is 0 Å². The minimum atomic E-state index is 0.372. The summed E-state index contributed by atoms with van der Waals surface area (Å²) in [4.78, 5) is 0. The summed E-state index contributed by atoms with van der Waals surface area (Å²) in [5, 5.41) is 0. The molecule has 0 spiro atoms. The fourth-order valence-corrected chi connectivity index (χ4v) is 4.62. The van der Waals surface area contributed by atoms with Crippen LogP contribution in [0, 0.1) is 5.41 Å². The summed E-state index contributed by atoms with van der Waals surface area (Å²) in [6, 6.07) is 11.1. The molecular formula is C21H32O. The lowest BCUT2D eigenvalue weighted by atomic mass is 9.67. The minimum Gasteiger partial charge on any atom is -0.375 e. The van der Waals surface area contributed by atoms with Crippen LogP contribution in [0.1, 0.15) is 76.7 Å². The second-order valence-electron chi connectivity index (χ2n) is 7.62. The van der Waals surface area contributed by atoms with Crippen LogP contribution in [-0.2, 0) is 11.2 Å². The molecule has 22 heavy (non-hydrogen) atoms. The molecule has 0 bridgehead atoms. The van der Waals surface area contributed by atoms with Crippen molar-refractivity contribution in [3.05, 3.63) is 35.9 Å². The molecule has 0 aliphatic heterocycles. The Labute approximate surface area is 136 Å². The van der Waals surface area contributed by atoms with Crippen LogP contribution in [0.5, 0.6) is 0 Å². The van der Waals surface area contributed by atoms with Gasteiger partial charge in [-0.2, -0.15) is 0 Å². The zero-order chi connectivity index (χ0) is 15.3. The van der Waals surface area contributed by atoms with Gasteiger partial charge < -0.3 is 4.74 Å². The largest absolute Gasteiger partial charge is 0.375 e. The van der Waals surface area contributed by atoms with Crippen LogP contribution in [0.15, 0.2) is 30.3 Å². The van der Waals surface area contributed by atoms with E-state index in [1.165, 1.54) is 76.2 Å². The van der Waals surface area contributed by atoms with Crippen molar-refractivity contribution in [2.45, 2.75) is 89.8 Å². The van der Waals surface area contributed by atoms with E-state index in [-0.39, 0.29) is 0 Å². The van der Waals surface area contributed by atoms with Gasteiger partial charge in [0.05, 0.1) is 12.2 Å². The van der Waals surface area contributed by atoms with Crippen molar-refractivity contribution in [1.82, 2.24) is 0 Å². The molecule has 2 aliphatic carbocycles. The predicted molar refractivity (Wildman–Crippen MR) is 93.1 cm³/mol. The third kappa shape index (κ3) is 3.93. The van der Waals surface area contributed by atoms with Gasteiger partial charge in [0.1, 0.15) is 0 Å². The molecule has 2 aliphatic rings. The van der Waals surface area contributed by atoms with Gasteiger partial charge in [-0.25, -0.2) is 0 Å². The highest BCUT2D eigenvalue weighted by atomic mass is 16.5. The number of hydrogen-bond acceptors (Lipinski definition) is 1. The van der Waals surface area contributed by atoms with Crippen LogP contribution in [0.2, 0.25) is 0 Å². The molecule has 0 N–H and O–H groups in total. The molecule has 1 unspecified atom stereocenters. The molecule has 0 aromatic heterocycles. The van der Waals surface area contributed by atoms with Gasteiger partial charge in [-0.05, 0) is 44.6 Å². The smallest absolute Gasteiger partial charge is 0.0610 e. The fraction of sp³-hybridized carbons (Fsp3) is 0.714. The quantitative estimate of drug-likeness (QED) is 0.656. The molecule has 1 aromatic carbocycles. The normalized spacial score (nSPS) is 24.0. The Balaban J connectivity index is 1.70. The monoisotopic (exact) mass is 300 g/mol. The molecule has 2 saturated carbocycles. The number of ether oxygens (including phenoxy) is 1. The Hall–Kier alpha value is -0.820. The highest BCUT2D eigenvalue weighted by Gasteiger charge is 2.39. The zero-order valence-corrected chi connectivity index (χ0v) is 14.2. The molecule has 0 amide bonds. The lowest BCUT2D eigenvalue weighted by Gasteiger charge is -2.44. The highest BCUT2D eigenvalue weighted by Crippen LogP contribution is 2.44. The van der Waals surface area contributed by atoms with Gasteiger partial charge in [0.15, 0.2) is 0 Å². The van der Waals surface area contributed by atoms with E-state index in [1.807, 2.05) is 0 Å². The molecule has 0 radical (unpaired) electrons. The summed E-state index contributed by atoms with van der Waals surface area (Å²) in [6.45, 7) is 2.36. The van der Waals surface area contributed by atoms with Crippen molar-refractivity contribution in [3.8, 4) is 0 Å². The van der Waals surface area contributed by atoms with E-state index in [1.54, 1.807) is 0 Å². The average molecular weight is 300 g/mol. The SMILES string of the molecule is CC(OC1CCCCC1)C1(Cc2ccccc2)CCCCC1. The van der Waals surface area contributed by atoms with Gasteiger partial charge >= 0.3 is 0 Å². The van der Waals surface area contributed by atoms with Crippen molar-refractivity contribution in [2.75, 3.05) is 0 Å². The third-order valence-corrected chi connectivity index (χ3v) is 6.06. The molecule has 1 heteroatoms. The van der Waals surface area contributed by atoms with Crippen molar-refractivity contribution in [3.63, 3.8) is 0 Å². The van der Waals surface area contributed by atoms with Crippen LogP contribution in [0.4, 0.5) is 0 Å². The first kappa shape index (κ1) is 16.1. The van der Waals surface area contributed by atoms with E-state index in [0.717, 1.165) is 0 Å². The van der Waals surface area contributed by atoms with Crippen LogP contribution in [-0.4, -0.2) is 12.2 Å². The fourth-order valence-electron chi connectivity index (χ4n) is 4.62. The molecule has 2 fully saturated rings. The van der Waals surface area contributed by atoms with Crippen molar-refractivity contribution in [2.24, 2.45) is 5.41 Å². The van der Waals surface area contributed by atoms with Crippen molar-refractivity contribution < 1.29 is 4.74 Å². The van der Waals surface area contributed by atoms with Gasteiger partial charge in [-0.1, -0.05) is 68.9 Å². The average Bonchev–Trinajstić information content (AvgIpc) is 2.57. The maximum atomic E-state index is 6.61. The first-order chi connectivity index (χ1) is 10.8. The second kappa shape index (κ2) is 7.64. The Kier molecular flexibility index (Phi) is 5.57. The van der Waals surface area contributed by atoms with Gasteiger partial charge in [0.25, 0.3) is 0 Å². The maximum Gasteiger partial charge on any atom is 0.0610 e. The molecule has 1 nitrogen and oxygen atoms in total. The van der Waals surface area contributed by atoms with E-state index >= 15 is 0 Å². The molecule has 3 rings (SSSR count). The van der Waals surface area contributed by atoms with E-state index in [9.17, 15) is 0 Å². The van der Waals surface area contributed by atoms with Crippen LogP contribution in [0.3, 0.4) is 0 Å². The molecular weight excluding hydrogens is 268 g/mol. The Bertz CT molecular complexity index is 426. The molecule has 122 valence electrons. The number of hydrogen-bond donors (Lipinski definition) is 0. The van der Waals surface area contributed by atoms with E-state index in [2.05, 4.69) is 37.3 Å². The van der Waals surface area contributed by atoms with Crippen LogP contribution in [0.25, 0.3) is 0 Å². The standard InChI is InChI=1S/C21H32O/c1-18(22-20-13-7-3-8-14-20)21(15-9-4-10-16-21)17-19-11-5-2-6-12-19/h2,5-6,11-12,18,20H,3-4,7-10,13-17H2,1H3. The third-order valence-electron chi connectivity index (χ3n) is 6.06. The van der Waals surface area contributed by atoms with E-state index in [0.29, 0.717) is 17.6 Å². The van der Waals surface area contributed by atoms with Gasteiger partial charge in [0, 0.05) is 5.41 Å². The lowest BCUT2D eigenvalue weighted by Crippen LogP contribution is -2.41. The van der Waals surface area contributed by atoms with E-state index < -0.39 is 0 Å². The molecule has 0 heterocycles. The zero-order valence-electron chi connectivity index (χ0n) is 14.2. The topological polar surface area (TPSA) is 9.23 Å². The summed E-state index contributed by atoms with van der Waals surface area (Å²) in [6.07, 6.45) is 15.7. The Morgan fingerprint density at radius 2 is 1.59 bits per heavy atom. The molecule has 0 saturated heterocycles. The van der Waals surface area contributed by atoms with Crippen molar-refractivity contribution in [1.29, 1.82) is 0 Å². The molecule has 1 aromatic rings. The lowest BCUT2D eigenvalue weighted by molar-refractivity contribution is -0.0972. The first-order valence-corrected chi connectivity index (χ1v) is 9.48. The number of benzene rings is 1. The predicted octanol–water partition coefficient (Wildman–Crippen LogP) is 5.92. The van der Waals surface area contributed by atoms with E-state index in [4.69, 9.17) is 4.74 Å².